The maximum Gasteiger partial charge on any atom is 0.155 e. The van der Waals surface area contributed by atoms with Crippen LogP contribution in [0.15, 0.2) is 12.7 Å². The van der Waals surface area contributed by atoms with Crippen molar-refractivity contribution in [1.82, 2.24) is 4.90 Å². The first kappa shape index (κ1) is 15.4. The van der Waals surface area contributed by atoms with Crippen LogP contribution in [0.5, 0.6) is 0 Å². The maximum atomic E-state index is 12.7. The van der Waals surface area contributed by atoms with E-state index in [4.69, 9.17) is 0 Å². The third-order valence-corrected chi connectivity index (χ3v) is 4.38. The van der Waals surface area contributed by atoms with Gasteiger partial charge < -0.3 is 0 Å². The zero-order valence-electron chi connectivity index (χ0n) is 12.9. The SMILES string of the molecule is C=C[C@@H]1C[C@@H](C(=O)C(C)(C)CC)N(C(C)(C)C)C1. The lowest BCUT2D eigenvalue weighted by Crippen LogP contribution is -2.50. The van der Waals surface area contributed by atoms with Crippen molar-refractivity contribution in [3.05, 3.63) is 12.7 Å². The molecule has 0 bridgehead atoms. The highest BCUT2D eigenvalue weighted by Crippen LogP contribution is 2.36. The standard InChI is InChI=1S/C16H29NO/c1-8-12-10-13(14(18)16(6,7)9-2)17(11-12)15(3,4)5/h8,12-13H,1,9-11H2,2-7H3/t12-,13+/m1/s1. The Labute approximate surface area is 112 Å². The van der Waals surface area contributed by atoms with Gasteiger partial charge in [0.05, 0.1) is 6.04 Å². The highest BCUT2D eigenvalue weighted by Gasteiger charge is 2.44. The molecule has 1 heterocycles. The Morgan fingerprint density at radius 3 is 2.28 bits per heavy atom. The quantitative estimate of drug-likeness (QED) is 0.711. The lowest BCUT2D eigenvalue weighted by molar-refractivity contribution is -0.133. The average molecular weight is 251 g/mol. The van der Waals surface area contributed by atoms with E-state index < -0.39 is 0 Å². The molecule has 1 aliphatic heterocycles. The summed E-state index contributed by atoms with van der Waals surface area (Å²) in [7, 11) is 0. The predicted molar refractivity (Wildman–Crippen MR) is 77.6 cm³/mol. The first-order valence-electron chi connectivity index (χ1n) is 7.07. The Hall–Kier alpha value is -0.630. The molecule has 0 saturated carbocycles. The van der Waals surface area contributed by atoms with Crippen LogP contribution in [-0.2, 0) is 4.79 Å². The van der Waals surface area contributed by atoms with Crippen molar-refractivity contribution < 1.29 is 4.79 Å². The van der Waals surface area contributed by atoms with Gasteiger partial charge in [0.15, 0.2) is 5.78 Å². The van der Waals surface area contributed by atoms with Gasteiger partial charge in [0.1, 0.15) is 0 Å². The molecular weight excluding hydrogens is 222 g/mol. The molecule has 1 fully saturated rings. The summed E-state index contributed by atoms with van der Waals surface area (Å²) in [4.78, 5) is 15.1. The minimum Gasteiger partial charge on any atom is -0.297 e. The number of hydrogen-bond donors (Lipinski definition) is 0. The molecule has 0 unspecified atom stereocenters. The van der Waals surface area contributed by atoms with Crippen LogP contribution in [0.3, 0.4) is 0 Å². The number of likely N-dealkylation sites (tertiary alicyclic amines) is 1. The van der Waals surface area contributed by atoms with Crippen LogP contribution in [0.2, 0.25) is 0 Å². The van der Waals surface area contributed by atoms with Gasteiger partial charge in [-0.1, -0.05) is 26.8 Å². The molecule has 2 heteroatoms. The Morgan fingerprint density at radius 1 is 1.33 bits per heavy atom. The summed E-state index contributed by atoms with van der Waals surface area (Å²) in [6.07, 6.45) is 3.84. The van der Waals surface area contributed by atoms with E-state index in [0.29, 0.717) is 11.7 Å². The molecule has 0 N–H and O–H groups in total. The molecule has 0 aromatic carbocycles. The monoisotopic (exact) mass is 251 g/mol. The van der Waals surface area contributed by atoms with Gasteiger partial charge in [0, 0.05) is 17.5 Å². The van der Waals surface area contributed by atoms with Crippen molar-refractivity contribution in [1.29, 1.82) is 0 Å². The Morgan fingerprint density at radius 2 is 1.89 bits per heavy atom. The molecule has 0 spiro atoms. The molecule has 2 nitrogen and oxygen atoms in total. The summed E-state index contributed by atoms with van der Waals surface area (Å²) in [6, 6.07) is 0.0583. The van der Waals surface area contributed by atoms with E-state index in [0.717, 1.165) is 19.4 Å². The van der Waals surface area contributed by atoms with Gasteiger partial charge in [0.2, 0.25) is 0 Å². The van der Waals surface area contributed by atoms with Gasteiger partial charge in [-0.15, -0.1) is 6.58 Å². The van der Waals surface area contributed by atoms with Gasteiger partial charge in [0.25, 0.3) is 0 Å². The molecule has 1 rings (SSSR count). The van der Waals surface area contributed by atoms with Crippen LogP contribution in [-0.4, -0.2) is 28.8 Å². The van der Waals surface area contributed by atoms with Crippen LogP contribution in [0, 0.1) is 11.3 Å². The van der Waals surface area contributed by atoms with Crippen LogP contribution in [0.25, 0.3) is 0 Å². The smallest absolute Gasteiger partial charge is 0.155 e. The minimum absolute atomic E-state index is 0.0436. The van der Waals surface area contributed by atoms with Crippen molar-refractivity contribution in [3.8, 4) is 0 Å². The molecule has 0 radical (unpaired) electrons. The second-order valence-electron chi connectivity index (χ2n) is 7.17. The van der Waals surface area contributed by atoms with E-state index in [1.165, 1.54) is 0 Å². The second kappa shape index (κ2) is 5.16. The number of rotatable bonds is 4. The topological polar surface area (TPSA) is 20.3 Å². The highest BCUT2D eigenvalue weighted by atomic mass is 16.1. The number of carbonyl (C=O) groups excluding carboxylic acids is 1. The predicted octanol–water partition coefficient (Wildman–Crippen LogP) is 3.67. The van der Waals surface area contributed by atoms with Crippen molar-refractivity contribution >= 4 is 5.78 Å². The summed E-state index contributed by atoms with van der Waals surface area (Å²) >= 11 is 0. The van der Waals surface area contributed by atoms with Crippen molar-refractivity contribution in [2.75, 3.05) is 6.54 Å². The van der Waals surface area contributed by atoms with Gasteiger partial charge in [-0.25, -0.2) is 0 Å². The van der Waals surface area contributed by atoms with E-state index in [-0.39, 0.29) is 17.0 Å². The first-order valence-corrected chi connectivity index (χ1v) is 7.07. The molecular formula is C16H29NO. The van der Waals surface area contributed by atoms with E-state index in [1.54, 1.807) is 0 Å². The molecule has 0 aliphatic carbocycles. The molecule has 0 aromatic heterocycles. The Kier molecular flexibility index (Phi) is 4.42. The fourth-order valence-corrected chi connectivity index (χ4v) is 2.65. The van der Waals surface area contributed by atoms with Gasteiger partial charge in [-0.05, 0) is 39.5 Å². The third-order valence-electron chi connectivity index (χ3n) is 4.38. The van der Waals surface area contributed by atoms with Crippen LogP contribution < -0.4 is 0 Å². The Bertz CT molecular complexity index is 324. The van der Waals surface area contributed by atoms with E-state index in [2.05, 4.69) is 53.0 Å². The fourth-order valence-electron chi connectivity index (χ4n) is 2.65. The summed E-state index contributed by atoms with van der Waals surface area (Å²) < 4.78 is 0. The zero-order valence-corrected chi connectivity index (χ0v) is 12.9. The molecule has 104 valence electrons. The third kappa shape index (κ3) is 3.03. The number of hydrogen-bond acceptors (Lipinski definition) is 2. The second-order valence-corrected chi connectivity index (χ2v) is 7.17. The Balaban J connectivity index is 2.98. The summed E-state index contributed by atoms with van der Waals surface area (Å²) in [5, 5.41) is 0. The van der Waals surface area contributed by atoms with E-state index in [1.807, 2.05) is 6.08 Å². The van der Waals surface area contributed by atoms with Crippen molar-refractivity contribution in [2.24, 2.45) is 11.3 Å². The number of ketones is 1. The number of nitrogens with zero attached hydrogens (tertiary/aromatic N) is 1. The molecule has 1 aliphatic rings. The van der Waals surface area contributed by atoms with Gasteiger partial charge in [-0.2, -0.15) is 0 Å². The van der Waals surface area contributed by atoms with Crippen molar-refractivity contribution in [3.63, 3.8) is 0 Å². The summed E-state index contributed by atoms with van der Waals surface area (Å²) in [6.45, 7) is 17.7. The molecule has 2 atom stereocenters. The first-order chi connectivity index (χ1) is 8.13. The highest BCUT2D eigenvalue weighted by molar-refractivity contribution is 5.89. The summed E-state index contributed by atoms with van der Waals surface area (Å²) in [5.41, 5.74) is -0.174. The maximum absolute atomic E-state index is 12.7. The van der Waals surface area contributed by atoms with Gasteiger partial charge in [-0.3, -0.25) is 9.69 Å². The van der Waals surface area contributed by atoms with Gasteiger partial charge >= 0.3 is 0 Å². The molecule has 1 saturated heterocycles. The molecule has 0 amide bonds. The molecule has 18 heavy (non-hydrogen) atoms. The zero-order chi connectivity index (χ0) is 14.1. The van der Waals surface area contributed by atoms with Crippen LogP contribution >= 0.6 is 0 Å². The van der Waals surface area contributed by atoms with Crippen molar-refractivity contribution in [2.45, 2.75) is 66.0 Å². The van der Waals surface area contributed by atoms with E-state index >= 15 is 0 Å². The van der Waals surface area contributed by atoms with Crippen LogP contribution in [0.4, 0.5) is 0 Å². The minimum atomic E-state index is -0.218. The number of carbonyl (C=O) groups is 1. The van der Waals surface area contributed by atoms with E-state index in [9.17, 15) is 4.79 Å². The number of Topliss-reactive ketones (excluding diaryl/α,β-unsaturated/α-hetero) is 1. The lowest BCUT2D eigenvalue weighted by atomic mass is 9.80. The largest absolute Gasteiger partial charge is 0.297 e. The average Bonchev–Trinajstić information content (AvgIpc) is 2.71. The normalized spacial score (nSPS) is 26.3. The lowest BCUT2D eigenvalue weighted by Gasteiger charge is -2.39. The van der Waals surface area contributed by atoms with Crippen LogP contribution in [0.1, 0.15) is 54.4 Å². The molecule has 0 aromatic rings. The summed E-state index contributed by atoms with van der Waals surface area (Å²) in [5.74, 6) is 0.843. The fraction of sp³-hybridized carbons (Fsp3) is 0.812.